The summed E-state index contributed by atoms with van der Waals surface area (Å²) in [7, 11) is 0. The predicted molar refractivity (Wildman–Crippen MR) is 72.0 cm³/mol. The van der Waals surface area contributed by atoms with Crippen molar-refractivity contribution in [2.45, 2.75) is 25.5 Å². The molecule has 6 heteroatoms. The quantitative estimate of drug-likeness (QED) is 0.861. The molecule has 1 aliphatic rings. The summed E-state index contributed by atoms with van der Waals surface area (Å²) in [6, 6.07) is 4.24. The van der Waals surface area contributed by atoms with Gasteiger partial charge in [-0.25, -0.2) is 4.79 Å². The van der Waals surface area contributed by atoms with Crippen LogP contribution in [0.25, 0.3) is 0 Å². The number of amides is 1. The van der Waals surface area contributed by atoms with Gasteiger partial charge in [0.05, 0.1) is 6.10 Å². The van der Waals surface area contributed by atoms with Gasteiger partial charge in [-0.05, 0) is 30.7 Å². The predicted octanol–water partition coefficient (Wildman–Crippen LogP) is 1.42. The number of benzene rings is 1. The number of hydrogen-bond acceptors (Lipinski definition) is 3. The van der Waals surface area contributed by atoms with Crippen molar-refractivity contribution in [2.75, 3.05) is 6.54 Å². The van der Waals surface area contributed by atoms with Crippen LogP contribution in [0.2, 0.25) is 0 Å². The van der Waals surface area contributed by atoms with Gasteiger partial charge in [-0.1, -0.05) is 15.9 Å². The Kier molecular flexibility index (Phi) is 3.91. The van der Waals surface area contributed by atoms with Gasteiger partial charge in [-0.2, -0.15) is 0 Å². The number of carboxylic acids is 1. The number of β-amino-alcohol motifs (C(OH)–C–C–N with tert-alkyl or cyclic N) is 1. The average Bonchev–Trinajstić information content (AvgIpc) is 2.70. The maximum atomic E-state index is 12.4. The summed E-state index contributed by atoms with van der Waals surface area (Å²) in [5, 5.41) is 18.7. The molecule has 19 heavy (non-hydrogen) atoms. The van der Waals surface area contributed by atoms with Crippen molar-refractivity contribution in [1.82, 2.24) is 4.90 Å². The molecule has 2 unspecified atom stereocenters. The molecule has 1 aromatic rings. The summed E-state index contributed by atoms with van der Waals surface area (Å²) in [4.78, 5) is 24.7. The lowest BCUT2D eigenvalue weighted by molar-refractivity contribution is -0.141. The van der Waals surface area contributed by atoms with E-state index >= 15 is 0 Å². The van der Waals surface area contributed by atoms with Crippen LogP contribution in [0.15, 0.2) is 22.7 Å². The molecule has 1 fully saturated rings. The molecule has 0 bridgehead atoms. The molecule has 0 aliphatic carbocycles. The molecule has 102 valence electrons. The first-order valence-corrected chi connectivity index (χ1v) is 6.67. The van der Waals surface area contributed by atoms with Crippen molar-refractivity contribution in [3.8, 4) is 0 Å². The van der Waals surface area contributed by atoms with E-state index in [0.29, 0.717) is 5.56 Å². The van der Waals surface area contributed by atoms with Gasteiger partial charge in [0.2, 0.25) is 0 Å². The van der Waals surface area contributed by atoms with Crippen molar-refractivity contribution in [1.29, 1.82) is 0 Å². The van der Waals surface area contributed by atoms with Gasteiger partial charge >= 0.3 is 5.97 Å². The summed E-state index contributed by atoms with van der Waals surface area (Å²) in [5.74, 6) is -1.44. The standard InChI is InChI=1S/C13H14BrNO4/c1-7-4-8(14)2-3-10(7)12(17)15-6-9(16)5-11(15)13(18)19/h2-4,9,11,16H,5-6H2,1H3,(H,18,19). The number of hydrogen-bond donors (Lipinski definition) is 2. The second-order valence-corrected chi connectivity index (χ2v) is 5.58. The van der Waals surface area contributed by atoms with Crippen LogP contribution in [0.3, 0.4) is 0 Å². The summed E-state index contributed by atoms with van der Waals surface area (Å²) < 4.78 is 0.859. The van der Waals surface area contributed by atoms with Crippen LogP contribution >= 0.6 is 15.9 Å². The van der Waals surface area contributed by atoms with E-state index < -0.39 is 18.1 Å². The number of nitrogens with zero attached hydrogens (tertiary/aromatic N) is 1. The fraction of sp³-hybridized carbons (Fsp3) is 0.385. The fourth-order valence-corrected chi connectivity index (χ4v) is 2.77. The molecular weight excluding hydrogens is 314 g/mol. The van der Waals surface area contributed by atoms with Crippen molar-refractivity contribution in [3.63, 3.8) is 0 Å². The number of carboxylic acid groups (broad SMARTS) is 1. The van der Waals surface area contributed by atoms with Gasteiger partial charge in [-0.3, -0.25) is 4.79 Å². The fourth-order valence-electron chi connectivity index (χ4n) is 2.29. The Morgan fingerprint density at radius 2 is 2.11 bits per heavy atom. The van der Waals surface area contributed by atoms with Gasteiger partial charge in [0.25, 0.3) is 5.91 Å². The summed E-state index contributed by atoms with van der Waals surface area (Å²) in [6.45, 7) is 1.85. The molecule has 0 spiro atoms. The minimum atomic E-state index is -1.08. The van der Waals surface area contributed by atoms with E-state index in [1.165, 1.54) is 4.90 Å². The zero-order valence-corrected chi connectivity index (χ0v) is 11.9. The van der Waals surface area contributed by atoms with Crippen LogP contribution in [0.4, 0.5) is 0 Å². The summed E-state index contributed by atoms with van der Waals surface area (Å²) in [6.07, 6.45) is -0.697. The smallest absolute Gasteiger partial charge is 0.326 e. The van der Waals surface area contributed by atoms with Crippen molar-refractivity contribution in [3.05, 3.63) is 33.8 Å². The van der Waals surface area contributed by atoms with Crippen molar-refractivity contribution < 1.29 is 19.8 Å². The van der Waals surface area contributed by atoms with Crippen LogP contribution in [0.1, 0.15) is 22.3 Å². The van der Waals surface area contributed by atoms with Gasteiger partial charge in [0, 0.05) is 23.0 Å². The first-order valence-electron chi connectivity index (χ1n) is 5.88. The third-order valence-electron chi connectivity index (χ3n) is 3.24. The van der Waals surface area contributed by atoms with Gasteiger partial charge in [-0.15, -0.1) is 0 Å². The first kappa shape index (κ1) is 14.0. The van der Waals surface area contributed by atoms with Crippen molar-refractivity contribution >= 4 is 27.8 Å². The Balaban J connectivity index is 2.30. The number of carbonyl (C=O) groups excluding carboxylic acids is 1. The molecule has 1 amide bonds. The van der Waals surface area contributed by atoms with E-state index in [4.69, 9.17) is 5.11 Å². The van der Waals surface area contributed by atoms with Crippen LogP contribution in [0, 0.1) is 6.92 Å². The number of aliphatic carboxylic acids is 1. The zero-order chi connectivity index (χ0) is 14.2. The lowest BCUT2D eigenvalue weighted by atomic mass is 10.1. The normalized spacial score (nSPS) is 22.6. The molecule has 0 aromatic heterocycles. The monoisotopic (exact) mass is 327 g/mol. The van der Waals surface area contributed by atoms with E-state index in [1.54, 1.807) is 25.1 Å². The molecule has 1 aromatic carbocycles. The Morgan fingerprint density at radius 3 is 2.68 bits per heavy atom. The highest BCUT2D eigenvalue weighted by molar-refractivity contribution is 9.10. The van der Waals surface area contributed by atoms with E-state index in [2.05, 4.69) is 15.9 Å². The second kappa shape index (κ2) is 5.30. The van der Waals surface area contributed by atoms with Crippen LogP contribution in [-0.4, -0.2) is 45.7 Å². The molecule has 5 nitrogen and oxygen atoms in total. The molecule has 2 atom stereocenters. The van der Waals surface area contributed by atoms with E-state index in [9.17, 15) is 14.7 Å². The number of carbonyl (C=O) groups is 2. The SMILES string of the molecule is Cc1cc(Br)ccc1C(=O)N1CC(O)CC1C(=O)O. The number of aryl methyl sites for hydroxylation is 1. The highest BCUT2D eigenvalue weighted by Gasteiger charge is 2.39. The lowest BCUT2D eigenvalue weighted by Crippen LogP contribution is -2.40. The highest BCUT2D eigenvalue weighted by Crippen LogP contribution is 2.23. The van der Waals surface area contributed by atoms with E-state index in [0.717, 1.165) is 10.0 Å². The maximum Gasteiger partial charge on any atom is 0.326 e. The molecule has 1 aliphatic heterocycles. The Morgan fingerprint density at radius 1 is 1.42 bits per heavy atom. The molecule has 0 saturated carbocycles. The van der Waals surface area contributed by atoms with Crippen LogP contribution in [-0.2, 0) is 4.79 Å². The minimum absolute atomic E-state index is 0.0608. The van der Waals surface area contributed by atoms with Crippen LogP contribution < -0.4 is 0 Å². The van der Waals surface area contributed by atoms with Gasteiger partial charge in [0.1, 0.15) is 6.04 Å². The van der Waals surface area contributed by atoms with Crippen LogP contribution in [0.5, 0.6) is 0 Å². The first-order chi connectivity index (χ1) is 8.90. The third kappa shape index (κ3) is 2.79. The second-order valence-electron chi connectivity index (χ2n) is 4.66. The molecule has 1 heterocycles. The molecular formula is C13H14BrNO4. The summed E-state index contributed by atoms with van der Waals surface area (Å²) in [5.41, 5.74) is 1.23. The van der Waals surface area contributed by atoms with E-state index in [1.807, 2.05) is 0 Å². The number of rotatable bonds is 2. The Hall–Kier alpha value is -1.40. The van der Waals surface area contributed by atoms with Crippen molar-refractivity contribution in [2.24, 2.45) is 0 Å². The lowest BCUT2D eigenvalue weighted by Gasteiger charge is -2.22. The van der Waals surface area contributed by atoms with Gasteiger partial charge < -0.3 is 15.1 Å². The zero-order valence-electron chi connectivity index (χ0n) is 10.3. The van der Waals surface area contributed by atoms with E-state index in [-0.39, 0.29) is 18.9 Å². The average molecular weight is 328 g/mol. The number of aliphatic hydroxyl groups is 1. The molecule has 0 radical (unpaired) electrons. The molecule has 2 N–H and O–H groups in total. The number of halogens is 1. The minimum Gasteiger partial charge on any atom is -0.480 e. The largest absolute Gasteiger partial charge is 0.480 e. The van der Waals surface area contributed by atoms with Gasteiger partial charge in [0.15, 0.2) is 0 Å². The number of likely N-dealkylation sites (tertiary alicyclic amines) is 1. The number of aliphatic hydroxyl groups excluding tert-OH is 1. The molecule has 1 saturated heterocycles. The Bertz CT molecular complexity index is 531. The highest BCUT2D eigenvalue weighted by atomic mass is 79.9. The summed E-state index contributed by atoms with van der Waals surface area (Å²) >= 11 is 3.31. The topological polar surface area (TPSA) is 77.8 Å². The third-order valence-corrected chi connectivity index (χ3v) is 3.74. The maximum absolute atomic E-state index is 12.4. The molecule has 2 rings (SSSR count). The Labute approximate surface area is 119 Å².